The molecule has 0 unspecified atom stereocenters. The molecule has 0 aromatic rings. The van der Waals surface area contributed by atoms with Crippen LogP contribution in [0, 0.1) is 0 Å². The van der Waals surface area contributed by atoms with Gasteiger partial charge in [-0.05, 0) is 12.2 Å². The molecule has 11 heavy (non-hydrogen) atoms. The van der Waals surface area contributed by atoms with Crippen LogP contribution in [0.5, 0.6) is 0 Å². The van der Waals surface area contributed by atoms with Gasteiger partial charge in [-0.25, -0.2) is 5.84 Å². The summed E-state index contributed by atoms with van der Waals surface area (Å²) in [4.78, 5) is 0.801. The minimum absolute atomic E-state index is 0.137. The SMILES string of the molecule is CN(CC(F)(F)F)C(=S)NN. The summed E-state index contributed by atoms with van der Waals surface area (Å²) in [6, 6.07) is 0. The number of hydrazine groups is 1. The average molecular weight is 187 g/mol. The van der Waals surface area contributed by atoms with E-state index in [-0.39, 0.29) is 5.11 Å². The zero-order valence-electron chi connectivity index (χ0n) is 5.77. The molecule has 0 saturated carbocycles. The van der Waals surface area contributed by atoms with Crippen LogP contribution in [0.4, 0.5) is 13.2 Å². The van der Waals surface area contributed by atoms with Crippen LogP contribution in [-0.4, -0.2) is 29.8 Å². The van der Waals surface area contributed by atoms with E-state index in [1.165, 1.54) is 7.05 Å². The van der Waals surface area contributed by atoms with Gasteiger partial charge in [0.25, 0.3) is 0 Å². The quantitative estimate of drug-likeness (QED) is 0.350. The van der Waals surface area contributed by atoms with Crippen LogP contribution in [0.2, 0.25) is 0 Å². The summed E-state index contributed by atoms with van der Waals surface area (Å²) >= 11 is 4.44. The Kier molecular flexibility index (Phi) is 3.53. The zero-order valence-corrected chi connectivity index (χ0v) is 6.59. The van der Waals surface area contributed by atoms with E-state index in [9.17, 15) is 13.2 Å². The molecule has 3 nitrogen and oxygen atoms in total. The molecule has 7 heteroatoms. The maximum atomic E-state index is 11.6. The van der Waals surface area contributed by atoms with Crippen LogP contribution in [-0.2, 0) is 0 Å². The highest BCUT2D eigenvalue weighted by molar-refractivity contribution is 7.80. The molecule has 0 amide bonds. The van der Waals surface area contributed by atoms with Crippen molar-refractivity contribution in [3.8, 4) is 0 Å². The fourth-order valence-corrected chi connectivity index (χ4v) is 0.515. The molecule has 0 aromatic heterocycles. The standard InChI is InChI=1S/C4H8F3N3S/c1-10(3(11)9-8)2-4(5,6)7/h2,8H2,1H3,(H,9,11). The first-order valence-corrected chi connectivity index (χ1v) is 3.06. The van der Waals surface area contributed by atoms with E-state index in [1.807, 2.05) is 5.43 Å². The second kappa shape index (κ2) is 3.72. The number of nitrogens with two attached hydrogens (primary N) is 1. The Morgan fingerprint density at radius 2 is 2.09 bits per heavy atom. The number of halogens is 3. The van der Waals surface area contributed by atoms with E-state index in [2.05, 4.69) is 12.2 Å². The molecule has 0 heterocycles. The second-order valence-corrected chi connectivity index (χ2v) is 2.31. The van der Waals surface area contributed by atoms with Crippen molar-refractivity contribution in [3.05, 3.63) is 0 Å². The summed E-state index contributed by atoms with van der Waals surface area (Å²) in [5.74, 6) is 4.79. The molecule has 66 valence electrons. The van der Waals surface area contributed by atoms with Crippen molar-refractivity contribution in [2.45, 2.75) is 6.18 Å². The lowest BCUT2D eigenvalue weighted by molar-refractivity contribution is -0.135. The van der Waals surface area contributed by atoms with Gasteiger partial charge in [-0.2, -0.15) is 13.2 Å². The van der Waals surface area contributed by atoms with Gasteiger partial charge in [0.15, 0.2) is 5.11 Å². The van der Waals surface area contributed by atoms with Crippen LogP contribution >= 0.6 is 12.2 Å². The monoisotopic (exact) mass is 187 g/mol. The van der Waals surface area contributed by atoms with Crippen LogP contribution < -0.4 is 11.3 Å². The number of nitrogens with zero attached hydrogens (tertiary/aromatic N) is 1. The smallest absolute Gasteiger partial charge is 0.342 e. The lowest BCUT2D eigenvalue weighted by atomic mass is 10.6. The Balaban J connectivity index is 3.87. The highest BCUT2D eigenvalue weighted by atomic mass is 32.1. The van der Waals surface area contributed by atoms with Gasteiger partial charge in [0.1, 0.15) is 6.54 Å². The van der Waals surface area contributed by atoms with Crippen molar-refractivity contribution >= 4 is 17.3 Å². The molecule has 0 fully saturated rings. The molecule has 0 aliphatic rings. The van der Waals surface area contributed by atoms with E-state index >= 15 is 0 Å². The van der Waals surface area contributed by atoms with Crippen molar-refractivity contribution in [2.75, 3.05) is 13.6 Å². The number of nitrogens with one attached hydrogen (secondary N) is 1. The number of thiocarbonyl (C=S) groups is 1. The molecule has 0 aliphatic carbocycles. The van der Waals surface area contributed by atoms with E-state index in [0.717, 1.165) is 4.90 Å². The Labute approximate surface area is 67.3 Å². The molecule has 3 N–H and O–H groups in total. The van der Waals surface area contributed by atoms with Crippen molar-refractivity contribution in [1.82, 2.24) is 10.3 Å². The normalized spacial score (nSPS) is 11.0. The van der Waals surface area contributed by atoms with Gasteiger partial charge in [0.2, 0.25) is 0 Å². The van der Waals surface area contributed by atoms with Gasteiger partial charge in [-0.15, -0.1) is 0 Å². The molecule has 0 radical (unpaired) electrons. The minimum Gasteiger partial charge on any atom is -0.342 e. The number of hydrogen-bond donors (Lipinski definition) is 2. The molecule has 0 aliphatic heterocycles. The summed E-state index contributed by atoms with van der Waals surface area (Å²) < 4.78 is 34.9. The number of alkyl halides is 3. The Bertz CT molecular complexity index is 146. The zero-order chi connectivity index (χ0) is 9.07. The molecular formula is C4H8F3N3S. The van der Waals surface area contributed by atoms with Crippen molar-refractivity contribution in [1.29, 1.82) is 0 Å². The minimum atomic E-state index is -4.25. The Morgan fingerprint density at radius 3 is 2.36 bits per heavy atom. The Morgan fingerprint density at radius 1 is 1.64 bits per heavy atom. The van der Waals surface area contributed by atoms with E-state index in [0.29, 0.717) is 0 Å². The van der Waals surface area contributed by atoms with Gasteiger partial charge in [0.05, 0.1) is 0 Å². The number of hydrogen-bond acceptors (Lipinski definition) is 2. The first kappa shape index (κ1) is 10.4. The lowest BCUT2D eigenvalue weighted by Crippen LogP contribution is -2.44. The maximum Gasteiger partial charge on any atom is 0.405 e. The average Bonchev–Trinajstić information content (AvgIpc) is 1.82. The fraction of sp³-hybridized carbons (Fsp3) is 0.750. The summed E-state index contributed by atoms with van der Waals surface area (Å²) in [6.45, 7) is -1.10. The third-order valence-corrected chi connectivity index (χ3v) is 1.32. The molecule has 0 saturated heterocycles. The van der Waals surface area contributed by atoms with E-state index in [4.69, 9.17) is 5.84 Å². The van der Waals surface area contributed by atoms with Gasteiger partial charge in [-0.3, -0.25) is 0 Å². The van der Waals surface area contributed by atoms with Crippen LogP contribution in [0.25, 0.3) is 0 Å². The second-order valence-electron chi connectivity index (χ2n) is 1.92. The lowest BCUT2D eigenvalue weighted by Gasteiger charge is -2.20. The van der Waals surface area contributed by atoms with E-state index < -0.39 is 12.7 Å². The van der Waals surface area contributed by atoms with Gasteiger partial charge in [0, 0.05) is 7.05 Å². The highest BCUT2D eigenvalue weighted by Gasteiger charge is 2.29. The summed E-state index contributed by atoms with van der Waals surface area (Å²) in [5, 5.41) is -0.137. The maximum absolute atomic E-state index is 11.6. The van der Waals surface area contributed by atoms with E-state index in [1.54, 1.807) is 0 Å². The largest absolute Gasteiger partial charge is 0.405 e. The van der Waals surface area contributed by atoms with Crippen molar-refractivity contribution in [3.63, 3.8) is 0 Å². The first-order valence-electron chi connectivity index (χ1n) is 2.65. The Hall–Kier alpha value is -0.560. The first-order chi connectivity index (χ1) is 4.87. The van der Waals surface area contributed by atoms with Crippen molar-refractivity contribution in [2.24, 2.45) is 5.84 Å². The molecule has 0 aromatic carbocycles. The van der Waals surface area contributed by atoms with Gasteiger partial charge >= 0.3 is 6.18 Å². The fourth-order valence-electron chi connectivity index (χ4n) is 0.451. The number of rotatable bonds is 1. The van der Waals surface area contributed by atoms with Crippen LogP contribution in [0.15, 0.2) is 0 Å². The van der Waals surface area contributed by atoms with Crippen LogP contribution in [0.1, 0.15) is 0 Å². The van der Waals surface area contributed by atoms with Gasteiger partial charge in [-0.1, -0.05) is 0 Å². The molecule has 0 bridgehead atoms. The predicted octanol–water partition coefficient (Wildman–Crippen LogP) is 0.229. The summed E-state index contributed by atoms with van der Waals surface area (Å²) in [6.07, 6.45) is -4.25. The third kappa shape index (κ3) is 4.79. The molecule has 0 atom stereocenters. The molecular weight excluding hydrogens is 179 g/mol. The molecule has 0 rings (SSSR count). The summed E-state index contributed by atoms with van der Waals surface area (Å²) in [7, 11) is 1.20. The molecule has 0 spiro atoms. The third-order valence-electron chi connectivity index (χ3n) is 0.887. The van der Waals surface area contributed by atoms with Gasteiger partial charge < -0.3 is 10.3 Å². The van der Waals surface area contributed by atoms with Crippen LogP contribution in [0.3, 0.4) is 0 Å². The highest BCUT2D eigenvalue weighted by Crippen LogP contribution is 2.15. The topological polar surface area (TPSA) is 41.3 Å². The predicted molar refractivity (Wildman–Crippen MR) is 38.6 cm³/mol. The summed E-state index contributed by atoms with van der Waals surface area (Å²) in [5.41, 5.74) is 1.94. The van der Waals surface area contributed by atoms with Crippen molar-refractivity contribution < 1.29 is 13.2 Å².